The van der Waals surface area contributed by atoms with Gasteiger partial charge in [0.25, 0.3) is 0 Å². The van der Waals surface area contributed by atoms with Gasteiger partial charge in [0.05, 0.1) is 20.3 Å². The third kappa shape index (κ3) is 2.13. The normalized spacial score (nSPS) is 16.9. The van der Waals surface area contributed by atoms with E-state index in [0.717, 1.165) is 17.7 Å². The van der Waals surface area contributed by atoms with E-state index in [0.29, 0.717) is 13.2 Å². The van der Waals surface area contributed by atoms with E-state index in [9.17, 15) is 0 Å². The molecule has 1 aromatic carbocycles. The van der Waals surface area contributed by atoms with Crippen molar-refractivity contribution in [2.24, 2.45) is 0 Å². The SMILES string of the molecule is CCc1cc(C2OCCO2)ccc1OC. The predicted molar refractivity (Wildman–Crippen MR) is 57.0 cm³/mol. The molecular weight excluding hydrogens is 192 g/mol. The molecule has 1 saturated heterocycles. The zero-order chi connectivity index (χ0) is 10.7. The van der Waals surface area contributed by atoms with Crippen LogP contribution in [0.1, 0.15) is 24.3 Å². The minimum atomic E-state index is -0.193. The molecule has 3 nitrogen and oxygen atoms in total. The fourth-order valence-corrected chi connectivity index (χ4v) is 1.77. The van der Waals surface area contributed by atoms with Crippen LogP contribution >= 0.6 is 0 Å². The molecule has 1 fully saturated rings. The van der Waals surface area contributed by atoms with Gasteiger partial charge in [0.15, 0.2) is 6.29 Å². The maximum atomic E-state index is 5.45. The zero-order valence-corrected chi connectivity index (χ0v) is 9.16. The van der Waals surface area contributed by atoms with Crippen LogP contribution in [0.2, 0.25) is 0 Å². The van der Waals surface area contributed by atoms with Gasteiger partial charge in [0, 0.05) is 5.56 Å². The summed E-state index contributed by atoms with van der Waals surface area (Å²) >= 11 is 0. The van der Waals surface area contributed by atoms with Gasteiger partial charge in [-0.05, 0) is 24.1 Å². The summed E-state index contributed by atoms with van der Waals surface area (Å²) in [7, 11) is 1.69. The van der Waals surface area contributed by atoms with Crippen LogP contribution < -0.4 is 4.74 Å². The Bertz CT molecular complexity index is 330. The topological polar surface area (TPSA) is 27.7 Å². The molecule has 82 valence electrons. The molecule has 0 aromatic heterocycles. The van der Waals surface area contributed by atoms with Crippen LogP contribution in [0.15, 0.2) is 18.2 Å². The molecule has 0 spiro atoms. The summed E-state index contributed by atoms with van der Waals surface area (Å²) < 4.78 is 16.2. The Labute approximate surface area is 90.0 Å². The van der Waals surface area contributed by atoms with Gasteiger partial charge in [-0.1, -0.05) is 13.0 Å². The highest BCUT2D eigenvalue weighted by Crippen LogP contribution is 2.28. The molecule has 0 N–H and O–H groups in total. The van der Waals surface area contributed by atoms with Crippen LogP contribution in [0.25, 0.3) is 0 Å². The van der Waals surface area contributed by atoms with Crippen LogP contribution in [0.3, 0.4) is 0 Å². The van der Waals surface area contributed by atoms with Crippen molar-refractivity contribution in [2.75, 3.05) is 20.3 Å². The molecule has 0 amide bonds. The first-order chi connectivity index (χ1) is 7.35. The summed E-state index contributed by atoms with van der Waals surface area (Å²) in [4.78, 5) is 0. The Morgan fingerprint density at radius 3 is 2.67 bits per heavy atom. The number of aryl methyl sites for hydroxylation is 1. The van der Waals surface area contributed by atoms with Gasteiger partial charge in [-0.25, -0.2) is 0 Å². The van der Waals surface area contributed by atoms with Crippen LogP contribution in [0.4, 0.5) is 0 Å². The number of benzene rings is 1. The summed E-state index contributed by atoms with van der Waals surface area (Å²) in [6.45, 7) is 3.47. The molecule has 1 aliphatic heterocycles. The quantitative estimate of drug-likeness (QED) is 0.762. The van der Waals surface area contributed by atoms with Gasteiger partial charge in [-0.2, -0.15) is 0 Å². The van der Waals surface area contributed by atoms with E-state index in [1.807, 2.05) is 12.1 Å². The number of rotatable bonds is 3. The van der Waals surface area contributed by atoms with Gasteiger partial charge < -0.3 is 14.2 Å². The summed E-state index contributed by atoms with van der Waals surface area (Å²) in [6, 6.07) is 6.06. The van der Waals surface area contributed by atoms with E-state index in [-0.39, 0.29) is 6.29 Å². The van der Waals surface area contributed by atoms with Crippen molar-refractivity contribution < 1.29 is 14.2 Å². The highest BCUT2D eigenvalue weighted by Gasteiger charge is 2.19. The Morgan fingerprint density at radius 1 is 1.33 bits per heavy atom. The summed E-state index contributed by atoms with van der Waals surface area (Å²) in [5.74, 6) is 0.930. The number of ether oxygens (including phenoxy) is 3. The third-order valence-corrected chi connectivity index (χ3v) is 2.58. The third-order valence-electron chi connectivity index (χ3n) is 2.58. The average Bonchev–Trinajstić information content (AvgIpc) is 2.81. The number of hydrogen-bond acceptors (Lipinski definition) is 3. The second-order valence-electron chi connectivity index (χ2n) is 3.50. The molecule has 0 bridgehead atoms. The van der Waals surface area contributed by atoms with Gasteiger partial charge in [0.2, 0.25) is 0 Å². The minimum Gasteiger partial charge on any atom is -0.496 e. The lowest BCUT2D eigenvalue weighted by molar-refractivity contribution is -0.0441. The van der Waals surface area contributed by atoms with E-state index in [2.05, 4.69) is 13.0 Å². The highest BCUT2D eigenvalue weighted by molar-refractivity contribution is 5.37. The van der Waals surface area contributed by atoms with Crippen molar-refractivity contribution in [3.63, 3.8) is 0 Å². The maximum absolute atomic E-state index is 5.45. The van der Waals surface area contributed by atoms with Gasteiger partial charge >= 0.3 is 0 Å². The predicted octanol–water partition coefficient (Wildman–Crippen LogP) is 2.30. The van der Waals surface area contributed by atoms with E-state index in [1.165, 1.54) is 5.56 Å². The molecule has 1 heterocycles. The molecule has 0 aliphatic carbocycles. The Kier molecular flexibility index (Phi) is 3.23. The maximum Gasteiger partial charge on any atom is 0.184 e. The molecular formula is C12H16O3. The standard InChI is InChI=1S/C12H16O3/c1-3-9-8-10(4-5-11(9)13-2)12-14-6-7-15-12/h4-5,8,12H,3,6-7H2,1-2H3. The molecule has 0 unspecified atom stereocenters. The van der Waals surface area contributed by atoms with Crippen LogP contribution in [0.5, 0.6) is 5.75 Å². The second kappa shape index (κ2) is 4.64. The lowest BCUT2D eigenvalue weighted by Crippen LogP contribution is -2.00. The van der Waals surface area contributed by atoms with E-state index < -0.39 is 0 Å². The minimum absolute atomic E-state index is 0.193. The van der Waals surface area contributed by atoms with Crippen LogP contribution in [0, 0.1) is 0 Å². The molecule has 0 saturated carbocycles. The summed E-state index contributed by atoms with van der Waals surface area (Å²) in [5.41, 5.74) is 2.26. The van der Waals surface area contributed by atoms with Crippen molar-refractivity contribution in [3.8, 4) is 5.75 Å². The van der Waals surface area contributed by atoms with Crippen molar-refractivity contribution in [3.05, 3.63) is 29.3 Å². The molecule has 1 aromatic rings. The van der Waals surface area contributed by atoms with Crippen molar-refractivity contribution >= 4 is 0 Å². The average molecular weight is 208 g/mol. The largest absolute Gasteiger partial charge is 0.496 e. The Morgan fingerprint density at radius 2 is 2.07 bits per heavy atom. The number of hydrogen-bond donors (Lipinski definition) is 0. The zero-order valence-electron chi connectivity index (χ0n) is 9.16. The van der Waals surface area contributed by atoms with Crippen molar-refractivity contribution in [1.29, 1.82) is 0 Å². The van der Waals surface area contributed by atoms with Crippen molar-refractivity contribution in [1.82, 2.24) is 0 Å². The first-order valence-corrected chi connectivity index (χ1v) is 5.25. The monoisotopic (exact) mass is 208 g/mol. The lowest BCUT2D eigenvalue weighted by atomic mass is 10.1. The van der Waals surface area contributed by atoms with Crippen LogP contribution in [-0.4, -0.2) is 20.3 Å². The van der Waals surface area contributed by atoms with E-state index in [1.54, 1.807) is 7.11 Å². The fourth-order valence-electron chi connectivity index (χ4n) is 1.77. The van der Waals surface area contributed by atoms with E-state index >= 15 is 0 Å². The van der Waals surface area contributed by atoms with Gasteiger partial charge in [-0.3, -0.25) is 0 Å². The second-order valence-corrected chi connectivity index (χ2v) is 3.50. The van der Waals surface area contributed by atoms with Crippen molar-refractivity contribution in [2.45, 2.75) is 19.6 Å². The smallest absolute Gasteiger partial charge is 0.184 e. The molecule has 3 heteroatoms. The first kappa shape index (κ1) is 10.5. The molecule has 1 aliphatic rings. The van der Waals surface area contributed by atoms with E-state index in [4.69, 9.17) is 14.2 Å². The molecule has 15 heavy (non-hydrogen) atoms. The number of methoxy groups -OCH3 is 1. The highest BCUT2D eigenvalue weighted by atomic mass is 16.7. The summed E-state index contributed by atoms with van der Waals surface area (Å²) in [6.07, 6.45) is 0.755. The molecule has 0 radical (unpaired) electrons. The van der Waals surface area contributed by atoms with Crippen LogP contribution in [-0.2, 0) is 15.9 Å². The first-order valence-electron chi connectivity index (χ1n) is 5.25. The molecule has 2 rings (SSSR count). The van der Waals surface area contributed by atoms with Gasteiger partial charge in [-0.15, -0.1) is 0 Å². The summed E-state index contributed by atoms with van der Waals surface area (Å²) in [5, 5.41) is 0. The molecule has 0 atom stereocenters. The van der Waals surface area contributed by atoms with Gasteiger partial charge in [0.1, 0.15) is 5.75 Å². The fraction of sp³-hybridized carbons (Fsp3) is 0.500. The Hall–Kier alpha value is -1.06. The Balaban J connectivity index is 2.25. The lowest BCUT2D eigenvalue weighted by Gasteiger charge is -2.13.